The smallest absolute Gasteiger partial charge is 0.0230 e. The zero-order chi connectivity index (χ0) is 7.40. The summed E-state index contributed by atoms with van der Waals surface area (Å²) >= 11 is 1.64. The lowest BCUT2D eigenvalue weighted by Crippen LogP contribution is -1.89. The van der Waals surface area contributed by atoms with Crippen molar-refractivity contribution in [2.24, 2.45) is 0 Å². The van der Waals surface area contributed by atoms with Gasteiger partial charge >= 0.3 is 0 Å². The highest BCUT2D eigenvalue weighted by Crippen LogP contribution is 2.14. The summed E-state index contributed by atoms with van der Waals surface area (Å²) in [6.45, 7) is 2.10. The van der Waals surface area contributed by atoms with Crippen LogP contribution in [-0.4, -0.2) is 7.05 Å². The highest BCUT2D eigenvalue weighted by Gasteiger charge is 1.89. The van der Waals surface area contributed by atoms with Crippen molar-refractivity contribution in [1.82, 2.24) is 4.72 Å². The first-order chi connectivity index (χ1) is 4.83. The number of aryl methyl sites for hydroxylation is 1. The van der Waals surface area contributed by atoms with E-state index in [1.807, 2.05) is 7.05 Å². The Kier molecular flexibility index (Phi) is 2.78. The van der Waals surface area contributed by atoms with Gasteiger partial charge in [-0.25, -0.2) is 0 Å². The quantitative estimate of drug-likeness (QED) is 0.654. The van der Waals surface area contributed by atoms with Gasteiger partial charge in [0.05, 0.1) is 0 Å². The minimum absolute atomic E-state index is 1.27. The molecule has 1 N–H and O–H groups in total. The molecule has 0 unspecified atom stereocenters. The molecule has 0 amide bonds. The molecule has 0 fully saturated rings. The van der Waals surface area contributed by atoms with Gasteiger partial charge in [-0.05, 0) is 43.6 Å². The maximum absolute atomic E-state index is 3.03. The Balaban J connectivity index is 2.75. The summed E-state index contributed by atoms with van der Waals surface area (Å²) in [5.41, 5.74) is 1.31. The third-order valence-corrected chi connectivity index (χ3v) is 1.90. The summed E-state index contributed by atoms with van der Waals surface area (Å²) in [5.74, 6) is 0. The highest BCUT2D eigenvalue weighted by atomic mass is 32.2. The van der Waals surface area contributed by atoms with Crippen molar-refractivity contribution in [1.29, 1.82) is 0 Å². The van der Waals surface area contributed by atoms with Gasteiger partial charge < -0.3 is 0 Å². The van der Waals surface area contributed by atoms with E-state index in [0.29, 0.717) is 0 Å². The van der Waals surface area contributed by atoms with Gasteiger partial charge in [-0.1, -0.05) is 12.1 Å². The van der Waals surface area contributed by atoms with Gasteiger partial charge in [0.25, 0.3) is 0 Å². The van der Waals surface area contributed by atoms with Crippen molar-refractivity contribution in [3.05, 3.63) is 29.8 Å². The second-order valence-electron chi connectivity index (χ2n) is 2.12. The Morgan fingerprint density at radius 2 is 2.20 bits per heavy atom. The van der Waals surface area contributed by atoms with Crippen LogP contribution in [0.1, 0.15) is 5.56 Å². The van der Waals surface area contributed by atoms with E-state index in [-0.39, 0.29) is 0 Å². The Morgan fingerprint density at radius 3 is 2.80 bits per heavy atom. The summed E-state index contributed by atoms with van der Waals surface area (Å²) in [6.07, 6.45) is 0. The van der Waals surface area contributed by atoms with Crippen LogP contribution in [0.4, 0.5) is 0 Å². The molecule has 0 aliphatic heterocycles. The number of hydrogen-bond donors (Lipinski definition) is 1. The molecular formula is C8H11NS. The van der Waals surface area contributed by atoms with Gasteiger partial charge in [-0.15, -0.1) is 0 Å². The minimum atomic E-state index is 1.27. The number of benzene rings is 1. The largest absolute Gasteiger partial charge is 0.263 e. The molecule has 1 rings (SSSR count). The first-order valence-electron chi connectivity index (χ1n) is 3.23. The van der Waals surface area contributed by atoms with Crippen molar-refractivity contribution in [2.45, 2.75) is 11.8 Å². The molecule has 10 heavy (non-hydrogen) atoms. The molecule has 0 atom stereocenters. The lowest BCUT2D eigenvalue weighted by atomic mass is 10.2. The average Bonchev–Trinajstić information content (AvgIpc) is 1.88. The maximum Gasteiger partial charge on any atom is 0.0230 e. The maximum atomic E-state index is 3.03. The van der Waals surface area contributed by atoms with E-state index in [1.54, 1.807) is 11.9 Å². The summed E-state index contributed by atoms with van der Waals surface area (Å²) in [7, 11) is 1.92. The second kappa shape index (κ2) is 3.64. The van der Waals surface area contributed by atoms with Gasteiger partial charge in [-0.2, -0.15) is 0 Å². The molecule has 54 valence electrons. The van der Waals surface area contributed by atoms with Gasteiger partial charge in [0.15, 0.2) is 0 Å². The fourth-order valence-electron chi connectivity index (χ4n) is 0.797. The first kappa shape index (κ1) is 7.63. The molecule has 0 bridgehead atoms. The molecule has 0 heterocycles. The van der Waals surface area contributed by atoms with Crippen molar-refractivity contribution < 1.29 is 0 Å². The monoisotopic (exact) mass is 153 g/mol. The fraction of sp³-hybridized carbons (Fsp3) is 0.250. The molecule has 0 saturated heterocycles. The summed E-state index contributed by atoms with van der Waals surface area (Å²) in [5, 5.41) is 0. The van der Waals surface area contributed by atoms with Crippen molar-refractivity contribution >= 4 is 11.9 Å². The van der Waals surface area contributed by atoms with Crippen molar-refractivity contribution in [3.8, 4) is 0 Å². The molecule has 0 aliphatic carbocycles. The van der Waals surface area contributed by atoms with E-state index in [1.165, 1.54) is 10.5 Å². The van der Waals surface area contributed by atoms with Gasteiger partial charge in [0.1, 0.15) is 0 Å². The van der Waals surface area contributed by atoms with E-state index in [0.717, 1.165) is 0 Å². The molecule has 1 nitrogen and oxygen atoms in total. The number of nitrogens with one attached hydrogen (secondary N) is 1. The topological polar surface area (TPSA) is 12.0 Å². The molecule has 0 aliphatic rings. The lowest BCUT2D eigenvalue weighted by molar-refractivity contribution is 1.27. The summed E-state index contributed by atoms with van der Waals surface area (Å²) < 4.78 is 3.03. The summed E-state index contributed by atoms with van der Waals surface area (Å²) in [4.78, 5) is 1.27. The van der Waals surface area contributed by atoms with Gasteiger partial charge in [-0.3, -0.25) is 4.72 Å². The number of hydrogen-bond acceptors (Lipinski definition) is 2. The summed E-state index contributed by atoms with van der Waals surface area (Å²) in [6, 6.07) is 8.41. The molecule has 0 radical (unpaired) electrons. The Hall–Kier alpha value is -0.470. The Labute approximate surface area is 66.0 Å². The first-order valence-corrected chi connectivity index (χ1v) is 4.05. The van der Waals surface area contributed by atoms with Crippen molar-refractivity contribution in [2.75, 3.05) is 7.05 Å². The zero-order valence-corrected chi connectivity index (χ0v) is 7.03. The van der Waals surface area contributed by atoms with Crippen LogP contribution in [-0.2, 0) is 0 Å². The van der Waals surface area contributed by atoms with Gasteiger partial charge in [0, 0.05) is 4.90 Å². The van der Waals surface area contributed by atoms with Gasteiger partial charge in [0.2, 0.25) is 0 Å². The molecule has 0 saturated carbocycles. The van der Waals surface area contributed by atoms with Crippen LogP contribution in [0.3, 0.4) is 0 Å². The van der Waals surface area contributed by atoms with Crippen LogP contribution >= 0.6 is 11.9 Å². The zero-order valence-electron chi connectivity index (χ0n) is 6.22. The van der Waals surface area contributed by atoms with Crippen LogP contribution in [0, 0.1) is 6.92 Å². The van der Waals surface area contributed by atoms with E-state index < -0.39 is 0 Å². The normalized spacial score (nSPS) is 9.80. The van der Waals surface area contributed by atoms with Crippen LogP contribution in [0.15, 0.2) is 29.2 Å². The Bertz CT molecular complexity index is 210. The minimum Gasteiger partial charge on any atom is -0.263 e. The van der Waals surface area contributed by atoms with Crippen LogP contribution < -0.4 is 4.72 Å². The highest BCUT2D eigenvalue weighted by molar-refractivity contribution is 7.97. The van der Waals surface area contributed by atoms with Crippen LogP contribution in [0.2, 0.25) is 0 Å². The Morgan fingerprint density at radius 1 is 1.40 bits per heavy atom. The lowest BCUT2D eigenvalue weighted by Gasteiger charge is -1.98. The van der Waals surface area contributed by atoms with Crippen molar-refractivity contribution in [3.63, 3.8) is 0 Å². The van der Waals surface area contributed by atoms with Crippen LogP contribution in [0.25, 0.3) is 0 Å². The SMILES string of the molecule is CNSc1cccc(C)c1. The van der Waals surface area contributed by atoms with E-state index in [9.17, 15) is 0 Å². The van der Waals surface area contributed by atoms with E-state index in [4.69, 9.17) is 0 Å². The third-order valence-electron chi connectivity index (χ3n) is 1.21. The predicted molar refractivity (Wildman–Crippen MR) is 46.1 cm³/mol. The van der Waals surface area contributed by atoms with E-state index in [2.05, 4.69) is 35.9 Å². The predicted octanol–water partition coefficient (Wildman–Crippen LogP) is 2.22. The molecule has 1 aromatic carbocycles. The second-order valence-corrected chi connectivity index (χ2v) is 3.21. The molecule has 1 aromatic rings. The molecular weight excluding hydrogens is 142 g/mol. The van der Waals surface area contributed by atoms with E-state index >= 15 is 0 Å². The third kappa shape index (κ3) is 2.05. The standard InChI is InChI=1S/C8H11NS/c1-7-4-3-5-8(6-7)10-9-2/h3-6,9H,1-2H3. The fourth-order valence-corrected chi connectivity index (χ4v) is 1.42. The number of rotatable bonds is 2. The molecule has 0 aromatic heterocycles. The molecule has 0 spiro atoms. The van der Waals surface area contributed by atoms with Crippen LogP contribution in [0.5, 0.6) is 0 Å². The average molecular weight is 153 g/mol. The molecule has 2 heteroatoms.